The van der Waals surface area contributed by atoms with Crippen LogP contribution in [0.5, 0.6) is 0 Å². The Morgan fingerprint density at radius 1 is 1.11 bits per heavy atom. The van der Waals surface area contributed by atoms with Gasteiger partial charge in [-0.2, -0.15) is 9.61 Å². The van der Waals surface area contributed by atoms with Crippen LogP contribution in [0, 0.1) is 0 Å². The lowest BCUT2D eigenvalue weighted by molar-refractivity contribution is 0.153. The zero-order valence-electron chi connectivity index (χ0n) is 15.2. The molecule has 3 heterocycles. The normalized spacial score (nSPS) is 20.1. The van der Waals surface area contributed by atoms with Gasteiger partial charge in [-0.05, 0) is 50.7 Å². The molecule has 1 aliphatic carbocycles. The predicted octanol–water partition coefficient (Wildman–Crippen LogP) is 3.89. The van der Waals surface area contributed by atoms with Gasteiger partial charge in [0.05, 0.1) is 11.8 Å². The fraction of sp³-hybridized carbons (Fsp3) is 0.429. The summed E-state index contributed by atoms with van der Waals surface area (Å²) in [5.41, 5.74) is 5.26. The van der Waals surface area contributed by atoms with Crippen LogP contribution in [0.3, 0.4) is 0 Å². The number of fused-ring (bicyclic) bond motifs is 2. The van der Waals surface area contributed by atoms with E-state index >= 15 is 0 Å². The summed E-state index contributed by atoms with van der Waals surface area (Å²) in [7, 11) is 0. The Morgan fingerprint density at radius 3 is 2.85 bits per heavy atom. The summed E-state index contributed by atoms with van der Waals surface area (Å²) in [6.07, 6.45) is 6.03. The Kier molecular flexibility index (Phi) is 4.29. The van der Waals surface area contributed by atoms with E-state index in [1.54, 1.807) is 0 Å². The maximum Gasteiger partial charge on any atom is 0.158 e. The molecular weight excluding hydrogens is 360 g/mol. The first-order chi connectivity index (χ1) is 13.2. The lowest BCUT2D eigenvalue weighted by atomic mass is 9.95. The maximum absolute atomic E-state index is 10.2. The third-order valence-corrected chi connectivity index (χ3v) is 5.90. The van der Waals surface area contributed by atoms with Crippen LogP contribution in [0.15, 0.2) is 30.3 Å². The van der Waals surface area contributed by atoms with Crippen LogP contribution in [0.4, 0.5) is 5.82 Å². The molecule has 2 aromatic heterocycles. The third kappa shape index (κ3) is 3.09. The van der Waals surface area contributed by atoms with E-state index in [0.29, 0.717) is 11.6 Å². The highest BCUT2D eigenvalue weighted by molar-refractivity contribution is 6.30. The minimum Gasteiger partial charge on any atom is -0.391 e. The quantitative estimate of drug-likeness (QED) is 0.730. The van der Waals surface area contributed by atoms with Crippen molar-refractivity contribution in [3.8, 4) is 11.3 Å². The molecule has 0 amide bonds. The molecule has 1 aromatic carbocycles. The van der Waals surface area contributed by atoms with Gasteiger partial charge in [-0.3, -0.25) is 0 Å². The number of aryl methyl sites for hydroxylation is 1. The van der Waals surface area contributed by atoms with Gasteiger partial charge in [0, 0.05) is 41.0 Å². The number of piperidine rings is 1. The van der Waals surface area contributed by atoms with Crippen molar-refractivity contribution in [3.05, 3.63) is 46.6 Å². The molecular formula is C21H23ClN4O. The second kappa shape index (κ2) is 6.80. The third-order valence-electron chi connectivity index (χ3n) is 5.67. The SMILES string of the molecule is OC1CCCN(c2c3c(nc4cc(-c5cccc(Cl)c5)nn24)CCCC3)C1. The monoisotopic (exact) mass is 382 g/mol. The van der Waals surface area contributed by atoms with Gasteiger partial charge in [0.1, 0.15) is 5.82 Å². The fourth-order valence-corrected chi connectivity index (χ4v) is 4.58. The molecule has 1 atom stereocenters. The van der Waals surface area contributed by atoms with E-state index < -0.39 is 0 Å². The van der Waals surface area contributed by atoms with E-state index in [9.17, 15) is 5.11 Å². The molecule has 1 aliphatic heterocycles. The number of aliphatic hydroxyl groups is 1. The Hall–Kier alpha value is -2.11. The summed E-state index contributed by atoms with van der Waals surface area (Å²) >= 11 is 6.18. The molecule has 0 radical (unpaired) electrons. The van der Waals surface area contributed by atoms with Crippen LogP contribution >= 0.6 is 11.6 Å². The Balaban J connectivity index is 1.70. The Labute approximate surface area is 163 Å². The predicted molar refractivity (Wildman–Crippen MR) is 108 cm³/mol. The Morgan fingerprint density at radius 2 is 2.00 bits per heavy atom. The number of aromatic nitrogens is 3. The molecule has 1 unspecified atom stereocenters. The highest BCUT2D eigenvalue weighted by Gasteiger charge is 2.27. The van der Waals surface area contributed by atoms with Crippen molar-refractivity contribution in [2.75, 3.05) is 18.0 Å². The molecule has 27 heavy (non-hydrogen) atoms. The number of aliphatic hydroxyl groups excluding tert-OH is 1. The van der Waals surface area contributed by atoms with E-state index in [-0.39, 0.29) is 6.10 Å². The second-order valence-corrected chi connectivity index (χ2v) is 8.06. The summed E-state index contributed by atoms with van der Waals surface area (Å²) in [5.74, 6) is 1.13. The minimum atomic E-state index is -0.274. The number of benzene rings is 1. The highest BCUT2D eigenvalue weighted by Crippen LogP contribution is 2.33. The number of hydrogen-bond donors (Lipinski definition) is 1. The smallest absolute Gasteiger partial charge is 0.158 e. The van der Waals surface area contributed by atoms with Crippen molar-refractivity contribution in [1.82, 2.24) is 14.6 Å². The van der Waals surface area contributed by atoms with Gasteiger partial charge in [-0.1, -0.05) is 23.7 Å². The molecule has 1 saturated heterocycles. The molecule has 2 aliphatic rings. The van der Waals surface area contributed by atoms with E-state index in [2.05, 4.69) is 4.90 Å². The van der Waals surface area contributed by atoms with Gasteiger partial charge in [0.2, 0.25) is 0 Å². The molecule has 0 spiro atoms. The summed E-state index contributed by atoms with van der Waals surface area (Å²) in [6.45, 7) is 1.62. The van der Waals surface area contributed by atoms with Crippen molar-refractivity contribution in [2.45, 2.75) is 44.6 Å². The molecule has 1 N–H and O–H groups in total. The van der Waals surface area contributed by atoms with Gasteiger partial charge in [0.15, 0.2) is 5.65 Å². The second-order valence-electron chi connectivity index (χ2n) is 7.62. The number of hydrogen-bond acceptors (Lipinski definition) is 4. The van der Waals surface area contributed by atoms with E-state index in [0.717, 1.165) is 55.0 Å². The number of halogens is 1. The fourth-order valence-electron chi connectivity index (χ4n) is 4.39. The highest BCUT2D eigenvalue weighted by atomic mass is 35.5. The van der Waals surface area contributed by atoms with Gasteiger partial charge in [-0.15, -0.1) is 0 Å². The number of nitrogens with zero attached hydrogens (tertiary/aromatic N) is 4. The van der Waals surface area contributed by atoms with Gasteiger partial charge < -0.3 is 10.0 Å². The number of anilines is 1. The molecule has 0 bridgehead atoms. The minimum absolute atomic E-state index is 0.274. The lowest BCUT2D eigenvalue weighted by Crippen LogP contribution is -2.40. The van der Waals surface area contributed by atoms with E-state index in [1.165, 1.54) is 24.1 Å². The number of rotatable bonds is 2. The van der Waals surface area contributed by atoms with Crippen LogP contribution in [0.25, 0.3) is 16.9 Å². The molecule has 5 rings (SSSR count). The molecule has 5 nitrogen and oxygen atoms in total. The van der Waals surface area contributed by atoms with E-state index in [4.69, 9.17) is 21.7 Å². The summed E-state index contributed by atoms with van der Waals surface area (Å²) < 4.78 is 1.98. The summed E-state index contributed by atoms with van der Waals surface area (Å²) in [6, 6.07) is 9.83. The maximum atomic E-state index is 10.2. The molecule has 6 heteroatoms. The first kappa shape index (κ1) is 17.0. The van der Waals surface area contributed by atoms with Crippen molar-refractivity contribution in [3.63, 3.8) is 0 Å². The standard InChI is InChI=1S/C21H23ClN4O/c22-15-6-3-5-14(11-15)19-12-20-23-18-9-2-1-8-17(18)21(26(20)24-19)25-10-4-7-16(27)13-25/h3,5-6,11-12,16,27H,1-2,4,7-10,13H2. The first-order valence-electron chi connectivity index (χ1n) is 9.79. The van der Waals surface area contributed by atoms with Crippen LogP contribution in [-0.4, -0.2) is 38.9 Å². The first-order valence-corrected chi connectivity index (χ1v) is 10.2. The molecule has 0 saturated carbocycles. The molecule has 1 fully saturated rings. The van der Waals surface area contributed by atoms with Gasteiger partial charge in [-0.25, -0.2) is 4.98 Å². The van der Waals surface area contributed by atoms with Crippen molar-refractivity contribution >= 4 is 23.1 Å². The zero-order chi connectivity index (χ0) is 18.4. The van der Waals surface area contributed by atoms with Gasteiger partial charge >= 0.3 is 0 Å². The summed E-state index contributed by atoms with van der Waals surface area (Å²) in [5, 5.41) is 15.8. The largest absolute Gasteiger partial charge is 0.391 e. The molecule has 3 aromatic rings. The van der Waals surface area contributed by atoms with Crippen LogP contribution in [-0.2, 0) is 12.8 Å². The van der Waals surface area contributed by atoms with Crippen LogP contribution in [0.1, 0.15) is 36.9 Å². The van der Waals surface area contributed by atoms with Crippen LogP contribution < -0.4 is 4.90 Å². The summed E-state index contributed by atoms with van der Waals surface area (Å²) in [4.78, 5) is 7.24. The Bertz CT molecular complexity index is 999. The lowest BCUT2D eigenvalue weighted by Gasteiger charge is -2.34. The zero-order valence-corrected chi connectivity index (χ0v) is 16.0. The van der Waals surface area contributed by atoms with Crippen molar-refractivity contribution in [2.24, 2.45) is 0 Å². The van der Waals surface area contributed by atoms with Crippen molar-refractivity contribution < 1.29 is 5.11 Å². The average molecular weight is 383 g/mol. The number of β-amino-alcohol motifs (C(OH)–C–C–N with tert-alkyl or cyclic N) is 1. The van der Waals surface area contributed by atoms with Crippen LogP contribution in [0.2, 0.25) is 5.02 Å². The van der Waals surface area contributed by atoms with Crippen molar-refractivity contribution in [1.29, 1.82) is 0 Å². The van der Waals surface area contributed by atoms with Gasteiger partial charge in [0.25, 0.3) is 0 Å². The topological polar surface area (TPSA) is 53.7 Å². The van der Waals surface area contributed by atoms with E-state index in [1.807, 2.05) is 34.8 Å². The average Bonchev–Trinajstić information content (AvgIpc) is 3.09. The molecule has 140 valence electrons.